The number of nitrogens with two attached hydrogens (primary N) is 1. The van der Waals surface area contributed by atoms with Crippen molar-refractivity contribution in [1.29, 1.82) is 5.26 Å². The number of hydrogen-bond donors (Lipinski definition) is 1. The minimum atomic E-state index is -0.612. The second-order valence-corrected chi connectivity index (χ2v) is 12.2. The van der Waals surface area contributed by atoms with Gasteiger partial charge in [-0.3, -0.25) is 9.69 Å². The molecule has 0 radical (unpaired) electrons. The van der Waals surface area contributed by atoms with Crippen LogP contribution in [0.25, 0.3) is 0 Å². The smallest absolute Gasteiger partial charge is 0.161 e. The van der Waals surface area contributed by atoms with Gasteiger partial charge in [-0.25, -0.2) is 4.39 Å². The molecule has 1 unspecified atom stereocenters. The van der Waals surface area contributed by atoms with E-state index in [2.05, 4.69) is 18.2 Å². The minimum Gasteiger partial charge on any atom is -0.384 e. The van der Waals surface area contributed by atoms with Gasteiger partial charge in [0.15, 0.2) is 5.78 Å². The largest absolute Gasteiger partial charge is 0.384 e. The Morgan fingerprint density at radius 1 is 1.05 bits per heavy atom. The van der Waals surface area contributed by atoms with Crippen LogP contribution < -0.4 is 10.6 Å². The van der Waals surface area contributed by atoms with Crippen molar-refractivity contribution in [3.8, 4) is 6.07 Å². The molecule has 0 amide bonds. The maximum Gasteiger partial charge on any atom is 0.161 e. The fourth-order valence-electron chi connectivity index (χ4n) is 5.44. The number of anilines is 1. The van der Waals surface area contributed by atoms with Crippen LogP contribution in [0.1, 0.15) is 47.4 Å². The molecule has 1 heterocycles. The second kappa shape index (κ2) is 11.5. The zero-order valence-corrected chi connectivity index (χ0v) is 24.9. The molecule has 204 valence electrons. The second-order valence-electron chi connectivity index (χ2n) is 9.91. The third-order valence-corrected chi connectivity index (χ3v) is 9.46. The van der Waals surface area contributed by atoms with E-state index in [0.717, 1.165) is 32.8 Å². The molecule has 1 aliphatic carbocycles. The van der Waals surface area contributed by atoms with Gasteiger partial charge in [0.2, 0.25) is 0 Å². The molecule has 0 saturated carbocycles. The van der Waals surface area contributed by atoms with Gasteiger partial charge in [0.25, 0.3) is 0 Å². The summed E-state index contributed by atoms with van der Waals surface area (Å²) in [7, 11) is 0. The number of hydrogen-bond acceptors (Lipinski definition) is 5. The van der Waals surface area contributed by atoms with Gasteiger partial charge in [-0.15, -0.1) is 11.8 Å². The number of Topliss-reactive ketones (excluding diaryl/α,β-unsaturated/α-hetero) is 1. The molecule has 1 aliphatic heterocycles. The van der Waals surface area contributed by atoms with E-state index in [9.17, 15) is 14.4 Å². The highest BCUT2D eigenvalue weighted by Crippen LogP contribution is 2.48. The first-order chi connectivity index (χ1) is 19.1. The molecule has 0 fully saturated rings. The van der Waals surface area contributed by atoms with Crippen LogP contribution in [0.5, 0.6) is 0 Å². The van der Waals surface area contributed by atoms with Gasteiger partial charge in [0.05, 0.1) is 27.6 Å². The van der Waals surface area contributed by atoms with Crippen molar-refractivity contribution in [2.24, 2.45) is 5.73 Å². The molecule has 0 aromatic heterocycles. The van der Waals surface area contributed by atoms with E-state index < -0.39 is 11.7 Å². The first kappa shape index (κ1) is 28.6. The topological polar surface area (TPSA) is 70.1 Å². The lowest BCUT2D eigenvalue weighted by molar-refractivity contribution is -0.116. The normalized spacial score (nSPS) is 17.3. The van der Waals surface area contributed by atoms with Gasteiger partial charge in [0, 0.05) is 39.0 Å². The number of thioether (sulfide) groups is 1. The Kier molecular flexibility index (Phi) is 8.22. The number of aryl methyl sites for hydroxylation is 2. The quantitative estimate of drug-likeness (QED) is 0.291. The monoisotopic (exact) mass is 611 g/mol. The van der Waals surface area contributed by atoms with Crippen LogP contribution in [0.15, 0.2) is 76.1 Å². The van der Waals surface area contributed by atoms with E-state index in [1.807, 2.05) is 19.9 Å². The van der Waals surface area contributed by atoms with Crippen molar-refractivity contribution in [1.82, 2.24) is 0 Å². The van der Waals surface area contributed by atoms with Gasteiger partial charge in [0.1, 0.15) is 11.6 Å². The van der Waals surface area contributed by atoms with Crippen molar-refractivity contribution in [3.63, 3.8) is 0 Å². The summed E-state index contributed by atoms with van der Waals surface area (Å²) in [5, 5.41) is 11.6. The Balaban J connectivity index is 1.63. The van der Waals surface area contributed by atoms with Crippen LogP contribution in [-0.4, -0.2) is 5.78 Å². The fourth-order valence-corrected chi connectivity index (χ4v) is 7.17. The van der Waals surface area contributed by atoms with Crippen molar-refractivity contribution in [2.45, 2.75) is 49.7 Å². The lowest BCUT2D eigenvalue weighted by Gasteiger charge is -2.40. The molecule has 0 bridgehead atoms. The van der Waals surface area contributed by atoms with Crippen molar-refractivity contribution < 1.29 is 9.18 Å². The molecule has 4 nitrogen and oxygen atoms in total. The van der Waals surface area contributed by atoms with Gasteiger partial charge in [-0.2, -0.15) is 5.26 Å². The molecule has 0 saturated heterocycles. The summed E-state index contributed by atoms with van der Waals surface area (Å²) >= 11 is 20.3. The Labute approximate surface area is 252 Å². The average Bonchev–Trinajstić information content (AvgIpc) is 2.91. The van der Waals surface area contributed by atoms with E-state index in [-0.39, 0.29) is 22.2 Å². The molecular formula is C31H25Cl3FN3OS. The van der Waals surface area contributed by atoms with E-state index in [1.54, 1.807) is 34.9 Å². The van der Waals surface area contributed by atoms with E-state index in [1.165, 1.54) is 12.1 Å². The van der Waals surface area contributed by atoms with E-state index >= 15 is 0 Å². The molecule has 5 rings (SSSR count). The number of halogens is 4. The van der Waals surface area contributed by atoms with E-state index in [4.69, 9.17) is 40.5 Å². The molecule has 3 aromatic rings. The zero-order chi connectivity index (χ0) is 28.7. The molecule has 3 aromatic carbocycles. The summed E-state index contributed by atoms with van der Waals surface area (Å²) in [5.74, 6) is -0.361. The molecule has 9 heteroatoms. The summed E-state index contributed by atoms with van der Waals surface area (Å²) in [4.78, 5) is 16.1. The summed E-state index contributed by atoms with van der Waals surface area (Å²) in [6.07, 6.45) is 1.62. The number of benzene rings is 3. The van der Waals surface area contributed by atoms with Gasteiger partial charge in [-0.05, 0) is 85.3 Å². The third kappa shape index (κ3) is 5.24. The number of allylic oxidation sites excluding steroid dienone is 3. The van der Waals surface area contributed by atoms with Crippen LogP contribution >= 0.6 is 46.6 Å². The summed E-state index contributed by atoms with van der Waals surface area (Å²) < 4.78 is 14.0. The Morgan fingerprint density at radius 2 is 1.82 bits per heavy atom. The maximum absolute atomic E-state index is 14.0. The van der Waals surface area contributed by atoms with Crippen molar-refractivity contribution in [3.05, 3.63) is 114 Å². The summed E-state index contributed by atoms with van der Waals surface area (Å²) in [5.41, 5.74) is 12.7. The highest BCUT2D eigenvalue weighted by Gasteiger charge is 2.41. The van der Waals surface area contributed by atoms with Crippen molar-refractivity contribution in [2.75, 3.05) is 4.90 Å². The summed E-state index contributed by atoms with van der Waals surface area (Å²) in [6, 6.07) is 16.1. The number of carbonyl (C=O) groups excluding carboxylic acids is 1. The average molecular weight is 613 g/mol. The standard InChI is InChI=1S/C31H25Cl3FN3OS/c1-16-10-17(2)21(11-18(16)15-40-28-12-19(32)6-8-23(28)33)29-22(14-36)31(37)38(20-7-9-25(35)24(34)13-20)26-4-3-5-27(39)30(26)29/h6-13,29H,3-5,15,37H2,1-2H3. The Hall–Kier alpha value is -2.95. The SMILES string of the molecule is Cc1cc(C)c(C2C(C#N)=C(N)N(c3ccc(F)c(Cl)c3)C3=C2C(=O)CCC3)cc1CSc1cc(Cl)ccc1Cl. The number of ketones is 1. The minimum absolute atomic E-state index is 0.0219. The fraction of sp³-hybridized carbons (Fsp3) is 0.226. The lowest BCUT2D eigenvalue weighted by atomic mass is 9.74. The van der Waals surface area contributed by atoms with Gasteiger partial charge >= 0.3 is 0 Å². The Morgan fingerprint density at radius 3 is 2.55 bits per heavy atom. The first-order valence-electron chi connectivity index (χ1n) is 12.7. The predicted octanol–water partition coefficient (Wildman–Crippen LogP) is 9.00. The lowest BCUT2D eigenvalue weighted by Crippen LogP contribution is -2.39. The van der Waals surface area contributed by atoms with Crippen molar-refractivity contribution >= 4 is 58.0 Å². The number of nitrogens with zero attached hydrogens (tertiary/aromatic N) is 2. The Bertz CT molecular complexity index is 1660. The van der Waals surface area contributed by atoms with Crippen LogP contribution in [0.4, 0.5) is 10.1 Å². The predicted molar refractivity (Wildman–Crippen MR) is 161 cm³/mol. The molecule has 40 heavy (non-hydrogen) atoms. The number of nitriles is 1. The number of rotatable bonds is 5. The maximum atomic E-state index is 14.0. The molecule has 2 N–H and O–H groups in total. The van der Waals surface area contributed by atoms with Gasteiger partial charge in [-0.1, -0.05) is 46.9 Å². The third-order valence-electron chi connectivity index (χ3n) is 7.39. The highest BCUT2D eigenvalue weighted by molar-refractivity contribution is 7.98. The molecular weight excluding hydrogens is 588 g/mol. The molecule has 1 atom stereocenters. The van der Waals surface area contributed by atoms with Crippen LogP contribution in [-0.2, 0) is 10.5 Å². The van der Waals surface area contributed by atoms with Crippen LogP contribution in [0.2, 0.25) is 15.1 Å². The molecule has 2 aliphatic rings. The zero-order valence-electron chi connectivity index (χ0n) is 21.8. The highest BCUT2D eigenvalue weighted by atomic mass is 35.5. The van der Waals surface area contributed by atoms with E-state index in [0.29, 0.717) is 46.3 Å². The van der Waals surface area contributed by atoms with Crippen LogP contribution in [0.3, 0.4) is 0 Å². The number of carbonyl (C=O) groups is 1. The summed E-state index contributed by atoms with van der Waals surface area (Å²) in [6.45, 7) is 4.02. The van der Waals surface area contributed by atoms with Gasteiger partial charge < -0.3 is 5.73 Å². The first-order valence-corrected chi connectivity index (χ1v) is 14.8. The van der Waals surface area contributed by atoms with Crippen LogP contribution in [0, 0.1) is 31.0 Å². The molecule has 0 spiro atoms.